The minimum absolute atomic E-state index is 0.0414. The van der Waals surface area contributed by atoms with Crippen LogP contribution in [0.3, 0.4) is 0 Å². The van der Waals surface area contributed by atoms with Gasteiger partial charge in [-0.3, -0.25) is 9.59 Å². The number of hydrogen-bond acceptors (Lipinski definition) is 4. The number of nitrogens with one attached hydrogen (secondary N) is 1. The van der Waals surface area contributed by atoms with E-state index < -0.39 is 5.91 Å². The molecule has 1 atom stereocenters. The zero-order valence-electron chi connectivity index (χ0n) is 19.9. The third-order valence-corrected chi connectivity index (χ3v) is 6.11. The summed E-state index contributed by atoms with van der Waals surface area (Å²) >= 11 is 0. The van der Waals surface area contributed by atoms with Gasteiger partial charge in [-0.2, -0.15) is 0 Å². The van der Waals surface area contributed by atoms with Crippen LogP contribution in [0.25, 0.3) is 0 Å². The standard InChI is InChI=1S/C16H23NO.C11H14NO2P/c1-2-16(18)14-8-6-7-13(11-14)12-17-15-9-4-3-5-10-15;1-3-8-4-5-9(15)6-10(8)14-7(2)11(12)13/h6-8,11,15,17H,2-5,9-10,12H2,1H3;4-6H,2-3,15H2,1H3,(H2,12,13). The predicted octanol–water partition coefficient (Wildman–Crippen LogP) is 4.83. The van der Waals surface area contributed by atoms with Crippen LogP contribution in [0.2, 0.25) is 0 Å². The Kier molecular flexibility index (Phi) is 11.3. The summed E-state index contributed by atoms with van der Waals surface area (Å²) in [6, 6.07) is 14.4. The Morgan fingerprint density at radius 1 is 1.12 bits per heavy atom. The molecule has 178 valence electrons. The highest BCUT2D eigenvalue weighted by Crippen LogP contribution is 2.20. The third kappa shape index (κ3) is 9.11. The average molecular weight is 469 g/mol. The van der Waals surface area contributed by atoms with Crippen molar-refractivity contribution in [3.8, 4) is 5.75 Å². The number of primary amides is 1. The molecule has 1 unspecified atom stereocenters. The smallest absolute Gasteiger partial charge is 0.283 e. The van der Waals surface area contributed by atoms with Crippen LogP contribution in [-0.2, 0) is 17.8 Å². The average Bonchev–Trinajstić information content (AvgIpc) is 2.83. The first-order valence-corrected chi connectivity index (χ1v) is 12.3. The summed E-state index contributed by atoms with van der Waals surface area (Å²) < 4.78 is 5.30. The quantitative estimate of drug-likeness (QED) is 0.239. The van der Waals surface area contributed by atoms with Crippen molar-refractivity contribution in [1.82, 2.24) is 5.32 Å². The van der Waals surface area contributed by atoms with Gasteiger partial charge in [0, 0.05) is 24.6 Å². The molecule has 0 radical (unpaired) electrons. The maximum Gasteiger partial charge on any atom is 0.283 e. The number of Topliss-reactive ketones (excluding diaryl/α,β-unsaturated/α-hetero) is 1. The molecule has 0 saturated heterocycles. The molecule has 1 amide bonds. The first-order valence-electron chi connectivity index (χ1n) is 11.7. The molecule has 2 aromatic carbocycles. The fraction of sp³-hybridized carbons (Fsp3) is 0.407. The number of amides is 1. The second-order valence-corrected chi connectivity index (χ2v) is 8.97. The van der Waals surface area contributed by atoms with Gasteiger partial charge in [0.05, 0.1) is 0 Å². The van der Waals surface area contributed by atoms with Crippen molar-refractivity contribution >= 4 is 26.2 Å². The Morgan fingerprint density at radius 2 is 1.85 bits per heavy atom. The zero-order valence-corrected chi connectivity index (χ0v) is 21.0. The van der Waals surface area contributed by atoms with Crippen LogP contribution in [0.4, 0.5) is 0 Å². The van der Waals surface area contributed by atoms with Crippen LogP contribution < -0.4 is 21.1 Å². The van der Waals surface area contributed by atoms with E-state index in [1.54, 1.807) is 0 Å². The van der Waals surface area contributed by atoms with Crippen LogP contribution >= 0.6 is 9.24 Å². The van der Waals surface area contributed by atoms with Gasteiger partial charge in [0.25, 0.3) is 5.91 Å². The number of rotatable bonds is 9. The number of aryl methyl sites for hydroxylation is 1. The van der Waals surface area contributed by atoms with Gasteiger partial charge in [-0.05, 0) is 47.8 Å². The maximum absolute atomic E-state index is 11.7. The summed E-state index contributed by atoms with van der Waals surface area (Å²) in [6.07, 6.45) is 8.10. The van der Waals surface area contributed by atoms with Crippen LogP contribution in [0.5, 0.6) is 5.75 Å². The van der Waals surface area contributed by atoms with E-state index in [4.69, 9.17) is 10.5 Å². The largest absolute Gasteiger partial charge is 0.452 e. The van der Waals surface area contributed by atoms with Crippen LogP contribution in [0.1, 0.15) is 73.9 Å². The predicted molar refractivity (Wildman–Crippen MR) is 139 cm³/mol. The van der Waals surface area contributed by atoms with Crippen molar-refractivity contribution in [2.45, 2.75) is 71.4 Å². The lowest BCUT2D eigenvalue weighted by Gasteiger charge is -2.22. The minimum Gasteiger partial charge on any atom is -0.452 e. The first kappa shape index (κ1) is 26.8. The molecule has 33 heavy (non-hydrogen) atoms. The summed E-state index contributed by atoms with van der Waals surface area (Å²) in [5, 5.41) is 4.60. The molecule has 3 rings (SSSR count). The number of hydrogen-bond donors (Lipinski definition) is 2. The number of carbonyl (C=O) groups is 2. The Balaban J connectivity index is 0.000000238. The highest BCUT2D eigenvalue weighted by atomic mass is 31.0. The number of ether oxygens (including phenoxy) is 1. The van der Waals surface area contributed by atoms with Gasteiger partial charge in [0.15, 0.2) is 11.5 Å². The van der Waals surface area contributed by atoms with Crippen LogP contribution in [-0.4, -0.2) is 17.7 Å². The normalized spacial score (nSPS) is 13.5. The molecule has 3 N–H and O–H groups in total. The van der Waals surface area contributed by atoms with E-state index in [0.717, 1.165) is 29.4 Å². The Labute approximate surface area is 200 Å². The van der Waals surface area contributed by atoms with Gasteiger partial charge < -0.3 is 15.8 Å². The summed E-state index contributed by atoms with van der Waals surface area (Å²) in [7, 11) is 2.57. The highest BCUT2D eigenvalue weighted by molar-refractivity contribution is 7.27. The highest BCUT2D eigenvalue weighted by Gasteiger charge is 2.12. The number of ketones is 1. The lowest BCUT2D eigenvalue weighted by Crippen LogP contribution is -2.30. The van der Waals surface area contributed by atoms with E-state index in [1.807, 2.05) is 50.2 Å². The fourth-order valence-electron chi connectivity index (χ4n) is 3.77. The monoisotopic (exact) mass is 468 g/mol. The number of nitrogens with two attached hydrogens (primary N) is 1. The van der Waals surface area contributed by atoms with Gasteiger partial charge in [0.2, 0.25) is 0 Å². The van der Waals surface area contributed by atoms with E-state index in [1.165, 1.54) is 37.7 Å². The topological polar surface area (TPSA) is 81.4 Å². The van der Waals surface area contributed by atoms with Gasteiger partial charge in [-0.1, -0.05) is 70.0 Å². The van der Waals surface area contributed by atoms with Crippen LogP contribution in [0, 0.1) is 0 Å². The molecule has 6 heteroatoms. The molecule has 1 fully saturated rings. The minimum atomic E-state index is -0.647. The summed E-state index contributed by atoms with van der Waals surface area (Å²) in [6.45, 7) is 8.26. The number of benzene rings is 2. The van der Waals surface area contributed by atoms with Gasteiger partial charge >= 0.3 is 0 Å². The zero-order chi connectivity index (χ0) is 24.2. The van der Waals surface area contributed by atoms with E-state index in [2.05, 4.69) is 27.2 Å². The van der Waals surface area contributed by atoms with E-state index in [0.29, 0.717) is 18.2 Å². The molecule has 1 saturated carbocycles. The van der Waals surface area contributed by atoms with Crippen molar-refractivity contribution in [3.63, 3.8) is 0 Å². The summed E-state index contributed by atoms with van der Waals surface area (Å²) in [4.78, 5) is 22.4. The lowest BCUT2D eigenvalue weighted by atomic mass is 9.95. The second-order valence-electron chi connectivity index (χ2n) is 8.30. The Morgan fingerprint density at radius 3 is 2.48 bits per heavy atom. The Hall–Kier alpha value is -2.49. The first-order chi connectivity index (χ1) is 15.8. The van der Waals surface area contributed by atoms with Crippen LogP contribution in [0.15, 0.2) is 54.8 Å². The lowest BCUT2D eigenvalue weighted by molar-refractivity contribution is -0.116. The van der Waals surface area contributed by atoms with E-state index in [9.17, 15) is 9.59 Å². The maximum atomic E-state index is 11.7. The molecule has 5 nitrogen and oxygen atoms in total. The van der Waals surface area contributed by atoms with Gasteiger partial charge in [-0.25, -0.2) is 0 Å². The molecule has 0 aromatic heterocycles. The molecular weight excluding hydrogens is 431 g/mol. The van der Waals surface area contributed by atoms with Crippen molar-refractivity contribution in [1.29, 1.82) is 0 Å². The van der Waals surface area contributed by atoms with E-state index in [-0.39, 0.29) is 11.5 Å². The second kappa shape index (κ2) is 13.9. The van der Waals surface area contributed by atoms with Gasteiger partial charge in [-0.15, -0.1) is 9.24 Å². The van der Waals surface area contributed by atoms with Crippen molar-refractivity contribution in [2.75, 3.05) is 0 Å². The molecule has 0 bridgehead atoms. The molecule has 1 aliphatic carbocycles. The fourth-order valence-corrected chi connectivity index (χ4v) is 4.02. The third-order valence-electron chi connectivity index (χ3n) is 5.75. The van der Waals surface area contributed by atoms with Crippen molar-refractivity contribution in [2.24, 2.45) is 5.73 Å². The molecule has 0 aliphatic heterocycles. The summed E-state index contributed by atoms with van der Waals surface area (Å²) in [5.41, 5.74) is 8.13. The Bertz CT molecular complexity index is 952. The molecule has 0 heterocycles. The van der Waals surface area contributed by atoms with Crippen molar-refractivity contribution in [3.05, 3.63) is 71.5 Å². The molecule has 2 aromatic rings. The summed E-state index contributed by atoms with van der Waals surface area (Å²) in [5.74, 6) is 0.176. The molecule has 1 aliphatic rings. The van der Waals surface area contributed by atoms with Crippen molar-refractivity contribution < 1.29 is 14.3 Å². The van der Waals surface area contributed by atoms with E-state index >= 15 is 0 Å². The SMILES string of the molecule is C=C(Oc1cc(P)ccc1CC)C(N)=O.CCC(=O)c1cccc(CNC2CCCCC2)c1. The van der Waals surface area contributed by atoms with Gasteiger partial charge in [0.1, 0.15) is 5.75 Å². The molecule has 0 spiro atoms. The number of carbonyl (C=O) groups excluding carboxylic acids is 2. The molecular formula is C27H37N2O3P.